The minimum absolute atomic E-state index is 0.116. The summed E-state index contributed by atoms with van der Waals surface area (Å²) in [6.45, 7) is 5.81. The molecule has 0 bridgehead atoms. The SMILES string of the molecule is CCCCCCOC(CC)c1cccc(-c2csc(NC(=O)c3cc(F)c(C=C(C)C(=O)O)c(F)c3)n2)c1F. The Morgan fingerprint density at radius 2 is 1.85 bits per heavy atom. The summed E-state index contributed by atoms with van der Waals surface area (Å²) < 4.78 is 50.3. The predicted molar refractivity (Wildman–Crippen MR) is 146 cm³/mol. The standard InChI is InChI=1S/C29H31F3N2O4S/c1-4-6-7-8-12-38-25(5-2)20-11-9-10-19(26(20)32)24-16-39-29(33-24)34-27(35)18-14-22(30)21(23(31)15-18)13-17(3)28(36)37/h9-11,13-16,25H,4-8,12H2,1-3H3,(H,36,37)(H,33,34,35). The molecule has 1 unspecified atom stereocenters. The number of hydrogen-bond donors (Lipinski definition) is 2. The van der Waals surface area contributed by atoms with Gasteiger partial charge in [-0.2, -0.15) is 0 Å². The van der Waals surface area contributed by atoms with E-state index in [0.717, 1.165) is 55.2 Å². The first-order chi connectivity index (χ1) is 18.7. The monoisotopic (exact) mass is 560 g/mol. The van der Waals surface area contributed by atoms with E-state index in [-0.39, 0.29) is 21.8 Å². The normalized spacial score (nSPS) is 12.4. The van der Waals surface area contributed by atoms with Gasteiger partial charge in [-0.05, 0) is 44.0 Å². The fraction of sp³-hybridized carbons (Fsp3) is 0.345. The number of carboxylic acid groups (broad SMARTS) is 1. The molecule has 208 valence electrons. The lowest BCUT2D eigenvalue weighted by Gasteiger charge is -2.18. The highest BCUT2D eigenvalue weighted by atomic mass is 32.1. The molecule has 1 aromatic heterocycles. The number of carbonyl (C=O) groups is 2. The quantitative estimate of drug-likeness (QED) is 0.163. The zero-order chi connectivity index (χ0) is 28.5. The Labute approximate surface area is 229 Å². The van der Waals surface area contributed by atoms with E-state index in [0.29, 0.717) is 24.3 Å². The average molecular weight is 561 g/mol. The Balaban J connectivity index is 1.75. The third kappa shape index (κ3) is 7.77. The molecule has 2 aromatic carbocycles. The Morgan fingerprint density at radius 3 is 2.49 bits per heavy atom. The minimum atomic E-state index is -1.32. The van der Waals surface area contributed by atoms with Gasteiger partial charge in [-0.1, -0.05) is 45.2 Å². The van der Waals surface area contributed by atoms with Crippen LogP contribution in [-0.2, 0) is 9.53 Å². The summed E-state index contributed by atoms with van der Waals surface area (Å²) in [7, 11) is 0. The zero-order valence-corrected chi connectivity index (χ0v) is 22.8. The Kier molecular flexibility index (Phi) is 10.8. The van der Waals surface area contributed by atoms with Crippen molar-refractivity contribution in [2.24, 2.45) is 0 Å². The van der Waals surface area contributed by atoms with E-state index in [1.165, 1.54) is 6.92 Å². The number of rotatable bonds is 13. The van der Waals surface area contributed by atoms with Crippen LogP contribution in [0.4, 0.5) is 18.3 Å². The van der Waals surface area contributed by atoms with Crippen LogP contribution in [0.1, 0.15) is 80.5 Å². The van der Waals surface area contributed by atoms with Gasteiger partial charge in [0.1, 0.15) is 17.5 Å². The second-order valence-corrected chi connectivity index (χ2v) is 9.87. The number of nitrogens with zero attached hydrogens (tertiary/aromatic N) is 1. The number of thiazole rings is 1. The summed E-state index contributed by atoms with van der Waals surface area (Å²) >= 11 is 1.04. The minimum Gasteiger partial charge on any atom is -0.478 e. The van der Waals surface area contributed by atoms with E-state index in [2.05, 4.69) is 17.2 Å². The molecule has 0 saturated heterocycles. The van der Waals surface area contributed by atoms with Crippen LogP contribution in [0, 0.1) is 17.5 Å². The van der Waals surface area contributed by atoms with Crippen molar-refractivity contribution >= 4 is 34.4 Å². The van der Waals surface area contributed by atoms with Crippen LogP contribution in [0.3, 0.4) is 0 Å². The number of hydrogen-bond acceptors (Lipinski definition) is 5. The number of carbonyl (C=O) groups excluding carboxylic acids is 1. The number of aliphatic carboxylic acids is 1. The number of aromatic nitrogens is 1. The molecule has 0 saturated carbocycles. The van der Waals surface area contributed by atoms with Crippen LogP contribution in [0.5, 0.6) is 0 Å². The van der Waals surface area contributed by atoms with Gasteiger partial charge in [-0.25, -0.2) is 22.9 Å². The highest BCUT2D eigenvalue weighted by Crippen LogP contribution is 2.33. The maximum Gasteiger partial charge on any atom is 0.331 e. The summed E-state index contributed by atoms with van der Waals surface area (Å²) in [5.41, 5.74) is -0.160. The number of ether oxygens (including phenoxy) is 1. The second-order valence-electron chi connectivity index (χ2n) is 9.02. The fourth-order valence-electron chi connectivity index (χ4n) is 3.93. The Bertz CT molecular complexity index is 1330. The molecule has 0 fully saturated rings. The molecule has 3 aromatic rings. The average Bonchev–Trinajstić information content (AvgIpc) is 3.36. The van der Waals surface area contributed by atoms with Crippen molar-refractivity contribution in [2.45, 2.75) is 59.0 Å². The van der Waals surface area contributed by atoms with Crippen molar-refractivity contribution in [1.29, 1.82) is 0 Å². The van der Waals surface area contributed by atoms with E-state index in [1.54, 1.807) is 23.6 Å². The van der Waals surface area contributed by atoms with Crippen LogP contribution in [0.15, 0.2) is 41.3 Å². The number of carboxylic acids is 1. The highest BCUT2D eigenvalue weighted by molar-refractivity contribution is 7.14. The van der Waals surface area contributed by atoms with Crippen molar-refractivity contribution in [3.63, 3.8) is 0 Å². The summed E-state index contributed by atoms with van der Waals surface area (Å²) in [6.07, 6.45) is 5.28. The molecule has 10 heteroatoms. The van der Waals surface area contributed by atoms with Crippen LogP contribution in [0.25, 0.3) is 17.3 Å². The van der Waals surface area contributed by atoms with Crippen LogP contribution >= 0.6 is 11.3 Å². The van der Waals surface area contributed by atoms with E-state index in [9.17, 15) is 18.4 Å². The molecule has 1 atom stereocenters. The molecule has 0 radical (unpaired) electrons. The number of anilines is 1. The first-order valence-electron chi connectivity index (χ1n) is 12.7. The first-order valence-corrected chi connectivity index (χ1v) is 13.6. The maximum atomic E-state index is 15.5. The summed E-state index contributed by atoms with van der Waals surface area (Å²) in [5.74, 6) is -4.77. The number of benzene rings is 2. The van der Waals surface area contributed by atoms with Crippen LogP contribution < -0.4 is 5.32 Å². The molecule has 1 heterocycles. The van der Waals surface area contributed by atoms with Crippen LogP contribution in [-0.4, -0.2) is 28.6 Å². The van der Waals surface area contributed by atoms with Gasteiger partial charge < -0.3 is 9.84 Å². The highest BCUT2D eigenvalue weighted by Gasteiger charge is 2.21. The zero-order valence-electron chi connectivity index (χ0n) is 22.0. The van der Waals surface area contributed by atoms with Crippen molar-refractivity contribution in [3.8, 4) is 11.3 Å². The smallest absolute Gasteiger partial charge is 0.331 e. The van der Waals surface area contributed by atoms with Gasteiger partial charge in [0.2, 0.25) is 0 Å². The van der Waals surface area contributed by atoms with Gasteiger partial charge in [0.15, 0.2) is 5.13 Å². The molecule has 1 amide bonds. The van der Waals surface area contributed by atoms with Gasteiger partial charge in [-0.15, -0.1) is 11.3 Å². The van der Waals surface area contributed by atoms with Gasteiger partial charge in [0, 0.05) is 39.8 Å². The van der Waals surface area contributed by atoms with Gasteiger partial charge >= 0.3 is 5.97 Å². The largest absolute Gasteiger partial charge is 0.478 e. The molecule has 0 aliphatic rings. The van der Waals surface area contributed by atoms with Crippen molar-refractivity contribution in [1.82, 2.24) is 4.98 Å². The molecular formula is C29H31F3N2O4S. The predicted octanol–water partition coefficient (Wildman–Crippen LogP) is 8.02. The number of unbranched alkanes of at least 4 members (excludes halogenated alkanes) is 3. The van der Waals surface area contributed by atoms with E-state index in [4.69, 9.17) is 9.84 Å². The number of amides is 1. The van der Waals surface area contributed by atoms with E-state index >= 15 is 4.39 Å². The Morgan fingerprint density at radius 1 is 1.13 bits per heavy atom. The van der Waals surface area contributed by atoms with Crippen molar-refractivity contribution in [2.75, 3.05) is 11.9 Å². The lowest BCUT2D eigenvalue weighted by atomic mass is 10.0. The Hall–Kier alpha value is -3.50. The van der Waals surface area contributed by atoms with Gasteiger partial charge in [0.25, 0.3) is 5.91 Å². The first kappa shape index (κ1) is 30.0. The summed E-state index contributed by atoms with van der Waals surface area (Å²) in [6, 6.07) is 6.62. The third-order valence-electron chi connectivity index (χ3n) is 6.10. The van der Waals surface area contributed by atoms with Crippen molar-refractivity contribution < 1.29 is 32.6 Å². The number of nitrogens with one attached hydrogen (secondary N) is 1. The van der Waals surface area contributed by atoms with Crippen LogP contribution in [0.2, 0.25) is 0 Å². The topological polar surface area (TPSA) is 88.5 Å². The molecule has 2 N–H and O–H groups in total. The molecule has 0 spiro atoms. The van der Waals surface area contributed by atoms with E-state index < -0.39 is 41.0 Å². The van der Waals surface area contributed by atoms with Crippen molar-refractivity contribution in [3.05, 3.63) is 75.4 Å². The van der Waals surface area contributed by atoms with Gasteiger partial charge in [0.05, 0.1) is 11.8 Å². The van der Waals surface area contributed by atoms with Gasteiger partial charge in [-0.3, -0.25) is 10.1 Å². The molecule has 0 aliphatic heterocycles. The lowest BCUT2D eigenvalue weighted by Crippen LogP contribution is -2.13. The summed E-state index contributed by atoms with van der Waals surface area (Å²) in [5, 5.41) is 13.1. The molecule has 0 aliphatic carbocycles. The maximum absolute atomic E-state index is 15.5. The second kappa shape index (κ2) is 14.0. The third-order valence-corrected chi connectivity index (χ3v) is 6.86. The number of halogens is 3. The molecule has 39 heavy (non-hydrogen) atoms. The molecule has 3 rings (SSSR count). The molecule has 6 nitrogen and oxygen atoms in total. The molecular weight excluding hydrogens is 529 g/mol. The van der Waals surface area contributed by atoms with E-state index in [1.807, 2.05) is 6.92 Å². The summed E-state index contributed by atoms with van der Waals surface area (Å²) in [4.78, 5) is 27.9. The fourth-order valence-corrected chi connectivity index (χ4v) is 4.64. The lowest BCUT2D eigenvalue weighted by molar-refractivity contribution is -0.132.